The van der Waals surface area contributed by atoms with Crippen LogP contribution in [0.3, 0.4) is 0 Å². The van der Waals surface area contributed by atoms with Crippen LogP contribution in [0.1, 0.15) is 63.4 Å². The smallest absolute Gasteiger partial charge is 0.184 e. The normalized spacial score (nSPS) is 28.7. The van der Waals surface area contributed by atoms with E-state index in [9.17, 15) is 8.78 Å². The van der Waals surface area contributed by atoms with Gasteiger partial charge in [-0.1, -0.05) is 37.3 Å². The molecule has 1 heterocycles. The molecule has 3 rings (SSSR count). The summed E-state index contributed by atoms with van der Waals surface area (Å²) in [5.41, 5.74) is 0.205. The van der Waals surface area contributed by atoms with Crippen LogP contribution >= 0.6 is 0 Å². The third-order valence-electron chi connectivity index (χ3n) is 5.55. The average molecular weight is 374 g/mol. The standard InChI is InChI=1S/C23H28F2O2/c1-3-5-18-14-26-23(27-15-18)19-12-21(24)20(22(25)13-19)11-10-17-8-6-16(4-2)7-9-17/h3,5,12-13,16-18,23H,4,6-9,14-15H2,1-2H3/b5-3+/t16-,17-,18-,23-. The zero-order valence-corrected chi connectivity index (χ0v) is 16.1. The highest BCUT2D eigenvalue weighted by Gasteiger charge is 2.24. The SMILES string of the molecule is C/C=C/[C@H]1CO[C@H](c2cc(F)c(C#C[C@H]3CC[C@H](CC)CC3)c(F)c2)OC1. The van der Waals surface area contributed by atoms with E-state index in [0.717, 1.165) is 31.6 Å². The lowest BCUT2D eigenvalue weighted by molar-refractivity contribution is -0.197. The second-order valence-corrected chi connectivity index (χ2v) is 7.54. The van der Waals surface area contributed by atoms with Crippen LogP contribution in [0.15, 0.2) is 24.3 Å². The molecule has 0 aromatic heterocycles. The molecule has 1 saturated carbocycles. The van der Waals surface area contributed by atoms with Gasteiger partial charge in [-0.05, 0) is 50.7 Å². The molecule has 0 spiro atoms. The maximum Gasteiger partial charge on any atom is 0.184 e. The van der Waals surface area contributed by atoms with Gasteiger partial charge in [-0.25, -0.2) is 8.78 Å². The molecule has 0 amide bonds. The lowest BCUT2D eigenvalue weighted by Crippen LogP contribution is -2.26. The molecule has 27 heavy (non-hydrogen) atoms. The molecule has 0 radical (unpaired) electrons. The topological polar surface area (TPSA) is 18.5 Å². The Bertz CT molecular complexity index is 693. The summed E-state index contributed by atoms with van der Waals surface area (Å²) < 4.78 is 40.2. The first-order valence-corrected chi connectivity index (χ1v) is 9.97. The van der Waals surface area contributed by atoms with Gasteiger partial charge in [0.05, 0.1) is 18.8 Å². The van der Waals surface area contributed by atoms with Gasteiger partial charge < -0.3 is 9.47 Å². The Labute approximate surface area is 160 Å². The van der Waals surface area contributed by atoms with Gasteiger partial charge in [0, 0.05) is 17.4 Å². The van der Waals surface area contributed by atoms with E-state index in [0.29, 0.717) is 18.8 Å². The first kappa shape index (κ1) is 20.0. The number of benzene rings is 1. The molecular formula is C23H28F2O2. The van der Waals surface area contributed by atoms with Gasteiger partial charge >= 0.3 is 0 Å². The molecule has 1 aliphatic heterocycles. The molecule has 1 aromatic rings. The van der Waals surface area contributed by atoms with Crippen LogP contribution in [0.4, 0.5) is 8.78 Å². The third kappa shape index (κ3) is 5.18. The van der Waals surface area contributed by atoms with Crippen LogP contribution in [-0.2, 0) is 9.47 Å². The highest BCUT2D eigenvalue weighted by atomic mass is 19.1. The molecule has 2 nitrogen and oxygen atoms in total. The van der Waals surface area contributed by atoms with Crippen LogP contribution < -0.4 is 0 Å². The summed E-state index contributed by atoms with van der Waals surface area (Å²) in [5.74, 6) is 5.72. The summed E-state index contributed by atoms with van der Waals surface area (Å²) in [5, 5.41) is 0. The number of hydrogen-bond donors (Lipinski definition) is 0. The predicted octanol–water partition coefficient (Wildman–Crippen LogP) is 5.77. The van der Waals surface area contributed by atoms with E-state index in [2.05, 4.69) is 18.8 Å². The van der Waals surface area contributed by atoms with E-state index in [-0.39, 0.29) is 17.4 Å². The Balaban J connectivity index is 1.67. The molecule has 0 unspecified atom stereocenters. The van der Waals surface area contributed by atoms with E-state index >= 15 is 0 Å². The first-order valence-electron chi connectivity index (χ1n) is 9.97. The van der Waals surface area contributed by atoms with Crippen LogP contribution in [0.25, 0.3) is 0 Å². The van der Waals surface area contributed by atoms with Crippen LogP contribution in [0.5, 0.6) is 0 Å². The average Bonchev–Trinajstić information content (AvgIpc) is 2.68. The Kier molecular flexibility index (Phi) is 7.04. The Morgan fingerprint density at radius 1 is 1.07 bits per heavy atom. The minimum absolute atomic E-state index is 0.154. The molecule has 1 aromatic carbocycles. The van der Waals surface area contributed by atoms with E-state index in [1.807, 2.05) is 19.1 Å². The molecule has 4 heteroatoms. The Morgan fingerprint density at radius 2 is 1.70 bits per heavy atom. The van der Waals surface area contributed by atoms with Gasteiger partial charge in [0.1, 0.15) is 11.6 Å². The van der Waals surface area contributed by atoms with Crippen molar-refractivity contribution in [3.05, 3.63) is 47.0 Å². The summed E-state index contributed by atoms with van der Waals surface area (Å²) in [6, 6.07) is 2.56. The highest BCUT2D eigenvalue weighted by Crippen LogP contribution is 2.31. The largest absolute Gasteiger partial charge is 0.348 e. The lowest BCUT2D eigenvalue weighted by Gasteiger charge is -2.28. The molecule has 1 aliphatic carbocycles. The summed E-state index contributed by atoms with van der Waals surface area (Å²) >= 11 is 0. The van der Waals surface area contributed by atoms with E-state index in [1.54, 1.807) is 0 Å². The zero-order chi connectivity index (χ0) is 19.2. The van der Waals surface area contributed by atoms with Crippen molar-refractivity contribution in [1.82, 2.24) is 0 Å². The quantitative estimate of drug-likeness (QED) is 0.494. The van der Waals surface area contributed by atoms with Crippen molar-refractivity contribution < 1.29 is 18.3 Å². The van der Waals surface area contributed by atoms with Gasteiger partial charge in [0.15, 0.2) is 6.29 Å². The van der Waals surface area contributed by atoms with Crippen molar-refractivity contribution in [2.75, 3.05) is 13.2 Å². The summed E-state index contributed by atoms with van der Waals surface area (Å²) in [7, 11) is 0. The fourth-order valence-electron chi connectivity index (χ4n) is 3.83. The van der Waals surface area contributed by atoms with Crippen LogP contribution in [0.2, 0.25) is 0 Å². The molecule has 1 saturated heterocycles. The fraction of sp³-hybridized carbons (Fsp3) is 0.565. The van der Waals surface area contributed by atoms with Gasteiger partial charge in [0.25, 0.3) is 0 Å². The van der Waals surface area contributed by atoms with Crippen molar-refractivity contribution in [1.29, 1.82) is 0 Å². The second kappa shape index (κ2) is 9.48. The number of ether oxygens (including phenoxy) is 2. The number of rotatable bonds is 3. The monoisotopic (exact) mass is 374 g/mol. The highest BCUT2D eigenvalue weighted by molar-refractivity contribution is 5.40. The summed E-state index contributed by atoms with van der Waals surface area (Å²) in [6.07, 6.45) is 8.76. The van der Waals surface area contributed by atoms with Crippen molar-refractivity contribution in [2.45, 2.75) is 52.2 Å². The molecule has 2 aliphatic rings. The van der Waals surface area contributed by atoms with Crippen molar-refractivity contribution in [3.8, 4) is 11.8 Å². The van der Waals surface area contributed by atoms with Gasteiger partial charge in [-0.2, -0.15) is 0 Å². The third-order valence-corrected chi connectivity index (χ3v) is 5.55. The molecule has 0 atom stereocenters. The summed E-state index contributed by atoms with van der Waals surface area (Å²) in [4.78, 5) is 0. The van der Waals surface area contributed by atoms with Gasteiger partial charge in [-0.3, -0.25) is 0 Å². The molecule has 2 fully saturated rings. The second-order valence-electron chi connectivity index (χ2n) is 7.54. The minimum atomic E-state index is -0.734. The van der Waals surface area contributed by atoms with Gasteiger partial charge in [-0.15, -0.1) is 0 Å². The first-order chi connectivity index (χ1) is 13.1. The van der Waals surface area contributed by atoms with Crippen LogP contribution in [-0.4, -0.2) is 13.2 Å². The Hall–Kier alpha value is -1.70. The maximum atomic E-state index is 14.5. The van der Waals surface area contributed by atoms with E-state index in [1.165, 1.54) is 18.6 Å². The number of hydrogen-bond acceptors (Lipinski definition) is 2. The maximum absolute atomic E-state index is 14.5. The molecule has 0 N–H and O–H groups in total. The van der Waals surface area contributed by atoms with E-state index in [4.69, 9.17) is 9.47 Å². The zero-order valence-electron chi connectivity index (χ0n) is 16.1. The Morgan fingerprint density at radius 3 is 2.26 bits per heavy atom. The van der Waals surface area contributed by atoms with Crippen molar-refractivity contribution >= 4 is 0 Å². The van der Waals surface area contributed by atoms with Gasteiger partial charge in [0.2, 0.25) is 0 Å². The minimum Gasteiger partial charge on any atom is -0.348 e. The molecule has 0 bridgehead atoms. The summed E-state index contributed by atoms with van der Waals surface area (Å²) in [6.45, 7) is 5.09. The fourth-order valence-corrected chi connectivity index (χ4v) is 3.83. The molecular weight excluding hydrogens is 346 g/mol. The van der Waals surface area contributed by atoms with Crippen LogP contribution in [0, 0.1) is 41.2 Å². The number of halogens is 2. The van der Waals surface area contributed by atoms with Crippen molar-refractivity contribution in [2.24, 2.45) is 17.8 Å². The molecule has 146 valence electrons. The van der Waals surface area contributed by atoms with E-state index < -0.39 is 17.9 Å². The number of allylic oxidation sites excluding steroid dienone is 1. The lowest BCUT2D eigenvalue weighted by atomic mass is 9.81. The predicted molar refractivity (Wildman–Crippen MR) is 102 cm³/mol. The van der Waals surface area contributed by atoms with Crippen molar-refractivity contribution in [3.63, 3.8) is 0 Å².